The summed E-state index contributed by atoms with van der Waals surface area (Å²) >= 11 is 1.59. The lowest BCUT2D eigenvalue weighted by Crippen LogP contribution is -2.32. The highest BCUT2D eigenvalue weighted by Crippen LogP contribution is 2.20. The van der Waals surface area contributed by atoms with E-state index in [9.17, 15) is 9.59 Å². The maximum Gasteiger partial charge on any atom is 0.232 e. The number of carbonyl (C=O) groups excluding carboxylic acids is 2. The van der Waals surface area contributed by atoms with Crippen LogP contribution in [0.2, 0.25) is 0 Å². The molecule has 150 valence electrons. The van der Waals surface area contributed by atoms with Gasteiger partial charge in [0.25, 0.3) is 0 Å². The molecule has 4 nitrogen and oxygen atoms in total. The van der Waals surface area contributed by atoms with Gasteiger partial charge in [-0.15, -0.1) is 11.8 Å². The van der Waals surface area contributed by atoms with Gasteiger partial charge in [-0.3, -0.25) is 9.59 Å². The number of benzene rings is 2. The fraction of sp³-hybridized carbons (Fsp3) is 0.391. The number of carbonyl (C=O) groups is 2. The first-order chi connectivity index (χ1) is 13.5. The zero-order valence-electron chi connectivity index (χ0n) is 17.0. The summed E-state index contributed by atoms with van der Waals surface area (Å²) in [5.74, 6) is 0.867. The van der Waals surface area contributed by atoms with Gasteiger partial charge in [0.2, 0.25) is 11.8 Å². The first kappa shape index (κ1) is 22.0. The van der Waals surface area contributed by atoms with Gasteiger partial charge in [-0.05, 0) is 56.1 Å². The first-order valence-electron chi connectivity index (χ1n) is 9.76. The molecule has 0 radical (unpaired) electrons. The second kappa shape index (κ2) is 11.5. The number of hydrogen-bond acceptors (Lipinski definition) is 3. The summed E-state index contributed by atoms with van der Waals surface area (Å²) in [5.41, 5.74) is 4.27. The maximum absolute atomic E-state index is 12.2. The molecule has 2 N–H and O–H groups in total. The zero-order chi connectivity index (χ0) is 20.4. The van der Waals surface area contributed by atoms with Crippen molar-refractivity contribution in [2.24, 2.45) is 0 Å². The lowest BCUT2D eigenvalue weighted by molar-refractivity contribution is -0.120. The third-order valence-electron chi connectivity index (χ3n) is 4.59. The van der Waals surface area contributed by atoms with Gasteiger partial charge < -0.3 is 10.6 Å². The van der Waals surface area contributed by atoms with E-state index in [2.05, 4.69) is 22.8 Å². The van der Waals surface area contributed by atoms with Crippen molar-refractivity contribution in [1.29, 1.82) is 0 Å². The molecule has 2 rings (SSSR count). The molecular formula is C23H30N2O2S. The van der Waals surface area contributed by atoms with Crippen molar-refractivity contribution < 1.29 is 9.59 Å². The monoisotopic (exact) mass is 398 g/mol. The number of nitrogens with one attached hydrogen (secondary N) is 2. The molecule has 0 aliphatic carbocycles. The first-order valence-corrected chi connectivity index (χ1v) is 10.8. The normalized spacial score (nSPS) is 11.7. The second-order valence-corrected chi connectivity index (χ2v) is 8.41. The summed E-state index contributed by atoms with van der Waals surface area (Å²) in [4.78, 5) is 24.3. The molecule has 5 heteroatoms. The van der Waals surface area contributed by atoms with Crippen LogP contribution in [0.3, 0.4) is 0 Å². The van der Waals surface area contributed by atoms with Crippen molar-refractivity contribution in [3.63, 3.8) is 0 Å². The molecule has 0 saturated carbocycles. The van der Waals surface area contributed by atoms with Crippen molar-refractivity contribution in [3.8, 4) is 0 Å². The lowest BCUT2D eigenvalue weighted by atomic mass is 10.1. The van der Waals surface area contributed by atoms with E-state index in [1.54, 1.807) is 11.8 Å². The Bertz CT molecular complexity index is 757. The van der Waals surface area contributed by atoms with E-state index < -0.39 is 0 Å². The van der Waals surface area contributed by atoms with Crippen LogP contribution >= 0.6 is 11.8 Å². The molecule has 28 heavy (non-hydrogen) atoms. The van der Waals surface area contributed by atoms with E-state index in [0.29, 0.717) is 13.0 Å². The van der Waals surface area contributed by atoms with Gasteiger partial charge in [-0.2, -0.15) is 0 Å². The van der Waals surface area contributed by atoms with Gasteiger partial charge in [-0.1, -0.05) is 48.5 Å². The number of rotatable bonds is 10. The Labute approximate surface area is 172 Å². The predicted molar refractivity (Wildman–Crippen MR) is 119 cm³/mol. The number of hydrogen-bond donors (Lipinski definition) is 2. The quantitative estimate of drug-likeness (QED) is 0.579. The molecule has 2 aromatic carbocycles. The largest absolute Gasteiger partial charge is 0.355 e. The minimum absolute atomic E-state index is 0.0259. The van der Waals surface area contributed by atoms with Crippen molar-refractivity contribution in [2.75, 3.05) is 17.6 Å². The molecule has 0 bridgehead atoms. The van der Waals surface area contributed by atoms with E-state index in [4.69, 9.17) is 0 Å². The van der Waals surface area contributed by atoms with Crippen LogP contribution in [-0.2, 0) is 16.0 Å². The molecule has 0 aliphatic heterocycles. The molecule has 2 aromatic rings. The molecule has 0 fully saturated rings. The van der Waals surface area contributed by atoms with Crippen LogP contribution in [0.5, 0.6) is 0 Å². The van der Waals surface area contributed by atoms with Crippen LogP contribution in [0.4, 0.5) is 5.69 Å². The standard InChI is InChI=1S/C23H30N2O2S/c1-17-9-7-10-18(2)22(17)25-21(26)13-8-16-28-19(3)23(27)24-15-14-20-11-5-4-6-12-20/h4-7,9-12,19H,8,13-16H2,1-3H3,(H,24,27)(H,25,26)/t19-/m0/s1. The third kappa shape index (κ3) is 7.39. The fourth-order valence-corrected chi connectivity index (χ4v) is 3.80. The molecule has 0 aliphatic rings. The zero-order valence-corrected chi connectivity index (χ0v) is 17.8. The van der Waals surface area contributed by atoms with Crippen molar-refractivity contribution in [1.82, 2.24) is 5.32 Å². The van der Waals surface area contributed by atoms with E-state index in [0.717, 1.165) is 35.4 Å². The van der Waals surface area contributed by atoms with Crippen LogP contribution in [0.15, 0.2) is 48.5 Å². The Morgan fingerprint density at radius 2 is 1.68 bits per heavy atom. The second-order valence-electron chi connectivity index (χ2n) is 6.96. The summed E-state index contributed by atoms with van der Waals surface area (Å²) in [6.07, 6.45) is 2.05. The molecule has 2 amide bonds. The summed E-state index contributed by atoms with van der Waals surface area (Å²) in [7, 11) is 0. The topological polar surface area (TPSA) is 58.2 Å². The van der Waals surface area contributed by atoms with Gasteiger partial charge in [0, 0.05) is 18.7 Å². The smallest absolute Gasteiger partial charge is 0.232 e. The van der Waals surface area contributed by atoms with Gasteiger partial charge >= 0.3 is 0 Å². The van der Waals surface area contributed by atoms with Crippen LogP contribution in [0.25, 0.3) is 0 Å². The molecule has 0 unspecified atom stereocenters. The summed E-state index contributed by atoms with van der Waals surface area (Å²) in [6.45, 7) is 6.55. The number of aryl methyl sites for hydroxylation is 2. The van der Waals surface area contributed by atoms with E-state index in [-0.39, 0.29) is 17.1 Å². The Morgan fingerprint density at radius 1 is 1.00 bits per heavy atom. The van der Waals surface area contributed by atoms with Gasteiger partial charge in [0.05, 0.1) is 5.25 Å². The van der Waals surface area contributed by atoms with Gasteiger partial charge in [-0.25, -0.2) is 0 Å². The predicted octanol–water partition coefficient (Wildman–Crippen LogP) is 4.50. The maximum atomic E-state index is 12.2. The highest BCUT2D eigenvalue weighted by atomic mass is 32.2. The Morgan fingerprint density at radius 3 is 2.36 bits per heavy atom. The van der Waals surface area contributed by atoms with E-state index in [1.165, 1.54) is 5.56 Å². The third-order valence-corrected chi connectivity index (χ3v) is 5.82. The average Bonchev–Trinajstić information content (AvgIpc) is 2.68. The van der Waals surface area contributed by atoms with Crippen LogP contribution in [-0.4, -0.2) is 29.4 Å². The highest BCUT2D eigenvalue weighted by Gasteiger charge is 2.13. The Kier molecular flexibility index (Phi) is 9.08. The average molecular weight is 399 g/mol. The van der Waals surface area contributed by atoms with Crippen molar-refractivity contribution >= 4 is 29.3 Å². The van der Waals surface area contributed by atoms with Gasteiger partial charge in [0.15, 0.2) is 0 Å². The van der Waals surface area contributed by atoms with E-state index in [1.807, 2.05) is 57.2 Å². The highest BCUT2D eigenvalue weighted by molar-refractivity contribution is 8.00. The Balaban J connectivity index is 1.61. The molecular weight excluding hydrogens is 368 g/mol. The molecule has 0 saturated heterocycles. The number of anilines is 1. The summed E-state index contributed by atoms with van der Waals surface area (Å²) in [6, 6.07) is 16.1. The number of amides is 2. The molecule has 0 spiro atoms. The minimum atomic E-state index is -0.113. The molecule has 0 aromatic heterocycles. The van der Waals surface area contributed by atoms with Crippen molar-refractivity contribution in [2.45, 2.75) is 45.3 Å². The summed E-state index contributed by atoms with van der Waals surface area (Å²) < 4.78 is 0. The van der Waals surface area contributed by atoms with Crippen LogP contribution in [0.1, 0.15) is 36.5 Å². The number of para-hydroxylation sites is 1. The lowest BCUT2D eigenvalue weighted by Gasteiger charge is -2.13. The van der Waals surface area contributed by atoms with E-state index >= 15 is 0 Å². The number of thioether (sulfide) groups is 1. The van der Waals surface area contributed by atoms with Crippen LogP contribution < -0.4 is 10.6 Å². The summed E-state index contributed by atoms with van der Waals surface area (Å²) in [5, 5.41) is 5.88. The fourth-order valence-electron chi connectivity index (χ4n) is 2.90. The Hall–Kier alpha value is -2.27. The van der Waals surface area contributed by atoms with Gasteiger partial charge in [0.1, 0.15) is 0 Å². The minimum Gasteiger partial charge on any atom is -0.355 e. The van der Waals surface area contributed by atoms with Crippen LogP contribution in [0, 0.1) is 13.8 Å². The van der Waals surface area contributed by atoms with Crippen molar-refractivity contribution in [3.05, 3.63) is 65.2 Å². The SMILES string of the molecule is Cc1cccc(C)c1NC(=O)CCCS[C@@H](C)C(=O)NCCc1ccccc1. The molecule has 1 atom stereocenters. The molecule has 0 heterocycles.